The molecule has 5 heteroatoms. The number of carbonyl (C=O) groups is 2. The Morgan fingerprint density at radius 2 is 1.44 bits per heavy atom. The molecule has 0 amide bonds. The van der Waals surface area contributed by atoms with Crippen LogP contribution in [0.4, 0.5) is 11.4 Å². The van der Waals surface area contributed by atoms with E-state index in [1.807, 2.05) is 18.2 Å². The molecule has 45 heavy (non-hydrogen) atoms. The smallest absolute Gasteiger partial charge is 0.305 e. The zero-order valence-electron chi connectivity index (χ0n) is 26.2. The number of hydrogen-bond donors (Lipinski definition) is 1. The number of allylic oxidation sites excluding steroid dienone is 7. The predicted molar refractivity (Wildman–Crippen MR) is 186 cm³/mol. The van der Waals surface area contributed by atoms with Crippen LogP contribution in [-0.2, 0) is 21.4 Å². The average molecular weight is 597 g/mol. The number of benzene rings is 4. The van der Waals surface area contributed by atoms with E-state index < -0.39 is 5.97 Å². The Hall–Kier alpha value is -4.90. The largest absolute Gasteiger partial charge is 0.481 e. The Bertz CT molecular complexity index is 1890. The summed E-state index contributed by atoms with van der Waals surface area (Å²) in [6, 6.07) is 25.6. The maximum atomic E-state index is 11.8. The number of carbonyl (C=O) groups excluding carboxylic acids is 1. The summed E-state index contributed by atoms with van der Waals surface area (Å²) in [5.41, 5.74) is 5.88. The van der Waals surface area contributed by atoms with E-state index in [2.05, 4.69) is 121 Å². The van der Waals surface area contributed by atoms with Crippen molar-refractivity contribution < 1.29 is 14.7 Å². The number of Topliss-reactive ketones (excluding diaryl/α,β-unsaturated/α-hetero) is 1. The molecule has 1 atom stereocenters. The van der Waals surface area contributed by atoms with Gasteiger partial charge >= 0.3 is 5.97 Å². The van der Waals surface area contributed by atoms with Gasteiger partial charge in [0.2, 0.25) is 0 Å². The molecule has 2 aliphatic rings. The van der Waals surface area contributed by atoms with Crippen molar-refractivity contribution in [3.8, 4) is 0 Å². The van der Waals surface area contributed by atoms with Crippen molar-refractivity contribution in [3.63, 3.8) is 0 Å². The minimum atomic E-state index is -0.790. The van der Waals surface area contributed by atoms with Gasteiger partial charge in [-0.05, 0) is 57.8 Å². The molecule has 2 aliphatic heterocycles. The highest BCUT2D eigenvalue weighted by Gasteiger charge is 2.44. The van der Waals surface area contributed by atoms with Crippen LogP contribution in [0.25, 0.3) is 21.5 Å². The number of ketones is 1. The Balaban J connectivity index is 1.21. The van der Waals surface area contributed by atoms with Crippen LogP contribution in [0.5, 0.6) is 0 Å². The normalized spacial score (nSPS) is 18.3. The fourth-order valence-electron chi connectivity index (χ4n) is 7.09. The number of anilines is 2. The van der Waals surface area contributed by atoms with Gasteiger partial charge < -0.3 is 14.9 Å². The number of rotatable bonds is 10. The third kappa shape index (κ3) is 5.95. The summed E-state index contributed by atoms with van der Waals surface area (Å²) in [5.74, 6) is -0.598. The molecule has 228 valence electrons. The third-order valence-corrected chi connectivity index (χ3v) is 9.23. The van der Waals surface area contributed by atoms with Crippen LogP contribution in [0.3, 0.4) is 0 Å². The van der Waals surface area contributed by atoms with E-state index in [-0.39, 0.29) is 23.7 Å². The fraction of sp³-hybridized carbons (Fsp3) is 0.250. The lowest BCUT2D eigenvalue weighted by atomic mass is 9.78. The molecule has 0 radical (unpaired) electrons. The van der Waals surface area contributed by atoms with E-state index in [1.165, 1.54) is 44.1 Å². The molecule has 4 aromatic carbocycles. The molecular weight excluding hydrogens is 556 g/mol. The molecule has 0 fully saturated rings. The second-order valence-corrected chi connectivity index (χ2v) is 12.6. The first kappa shape index (κ1) is 30.1. The Kier molecular flexibility index (Phi) is 8.44. The van der Waals surface area contributed by atoms with Crippen molar-refractivity contribution in [2.24, 2.45) is 0 Å². The van der Waals surface area contributed by atoms with Crippen molar-refractivity contribution in [2.45, 2.75) is 51.5 Å². The van der Waals surface area contributed by atoms with Gasteiger partial charge in [0, 0.05) is 48.4 Å². The highest BCUT2D eigenvalue weighted by Crippen LogP contribution is 2.49. The Morgan fingerprint density at radius 3 is 2.18 bits per heavy atom. The highest BCUT2D eigenvalue weighted by molar-refractivity contribution is 5.94. The number of fused-ring (bicyclic) bond motifs is 6. The Labute approximate surface area is 265 Å². The van der Waals surface area contributed by atoms with Gasteiger partial charge in [0.1, 0.15) is 5.78 Å². The summed E-state index contributed by atoms with van der Waals surface area (Å²) in [6.07, 6.45) is 16.0. The quantitative estimate of drug-likeness (QED) is 0.186. The van der Waals surface area contributed by atoms with Gasteiger partial charge in [0.05, 0.1) is 12.5 Å². The number of aliphatic carboxylic acids is 1. The molecule has 1 unspecified atom stereocenters. The lowest BCUT2D eigenvalue weighted by Gasteiger charge is -2.32. The molecule has 4 aromatic rings. The van der Waals surface area contributed by atoms with Crippen LogP contribution in [0.1, 0.15) is 44.7 Å². The van der Waals surface area contributed by atoms with Gasteiger partial charge in [-0.15, -0.1) is 0 Å². The number of carboxylic acid groups (broad SMARTS) is 1. The SMILES string of the molecule is CC(=O)CCN1/C(=C/C=C/C=C/C=C/C2N(CCC(=O)O)c3ccc4ccccc4c3C2(C)C)Cc2c1ccc1ccccc21. The lowest BCUT2D eigenvalue weighted by molar-refractivity contribution is -0.136. The molecule has 1 N–H and O–H groups in total. The van der Waals surface area contributed by atoms with Crippen molar-refractivity contribution in [2.75, 3.05) is 22.9 Å². The second kappa shape index (κ2) is 12.6. The third-order valence-electron chi connectivity index (χ3n) is 9.23. The first-order valence-electron chi connectivity index (χ1n) is 15.7. The average Bonchev–Trinajstić information content (AvgIpc) is 3.49. The fourth-order valence-corrected chi connectivity index (χ4v) is 7.09. The Morgan fingerprint density at radius 1 is 0.800 bits per heavy atom. The van der Waals surface area contributed by atoms with Crippen LogP contribution >= 0.6 is 0 Å². The molecule has 0 aromatic heterocycles. The van der Waals surface area contributed by atoms with Gasteiger partial charge in [0.25, 0.3) is 0 Å². The molecule has 0 saturated carbocycles. The standard InChI is InChI=1S/C40H40N2O3/c1-28(43)23-25-41-31(27-34-32-16-11-9-13-29(32)19-21-35(34)41)15-7-5-4-6-8-18-37-40(2,3)39-33-17-12-10-14-30(33)20-22-36(39)42(37)26-24-38(44)45/h4-22,37H,23-27H2,1-3H3,(H,44,45)/b6-4+,7-5+,18-8+,31-15+. The molecule has 5 nitrogen and oxygen atoms in total. The van der Waals surface area contributed by atoms with Crippen molar-refractivity contribution in [1.82, 2.24) is 0 Å². The minimum Gasteiger partial charge on any atom is -0.481 e. The van der Waals surface area contributed by atoms with Gasteiger partial charge in [-0.25, -0.2) is 0 Å². The maximum absolute atomic E-state index is 11.8. The van der Waals surface area contributed by atoms with E-state index in [9.17, 15) is 14.7 Å². The zero-order valence-corrected chi connectivity index (χ0v) is 26.2. The first-order chi connectivity index (χ1) is 21.8. The van der Waals surface area contributed by atoms with Crippen LogP contribution in [0, 0.1) is 0 Å². The van der Waals surface area contributed by atoms with Gasteiger partial charge in [-0.3, -0.25) is 9.59 Å². The second-order valence-electron chi connectivity index (χ2n) is 12.6. The van der Waals surface area contributed by atoms with Crippen molar-refractivity contribution in [1.29, 1.82) is 0 Å². The van der Waals surface area contributed by atoms with E-state index in [1.54, 1.807) is 6.92 Å². The van der Waals surface area contributed by atoms with Crippen LogP contribution in [0.2, 0.25) is 0 Å². The topological polar surface area (TPSA) is 60.9 Å². The molecule has 0 bridgehead atoms. The molecular formula is C40H40N2O3. The van der Waals surface area contributed by atoms with Gasteiger partial charge in [-0.1, -0.05) is 111 Å². The summed E-state index contributed by atoms with van der Waals surface area (Å²) in [6.45, 7) is 7.28. The van der Waals surface area contributed by atoms with Crippen molar-refractivity contribution >= 4 is 44.7 Å². The monoisotopic (exact) mass is 596 g/mol. The number of carboxylic acids is 1. The molecule has 0 saturated heterocycles. The predicted octanol–water partition coefficient (Wildman–Crippen LogP) is 8.53. The number of nitrogens with zero attached hydrogens (tertiary/aromatic N) is 2. The van der Waals surface area contributed by atoms with Crippen LogP contribution in [-0.4, -0.2) is 36.0 Å². The summed E-state index contributed by atoms with van der Waals surface area (Å²) in [7, 11) is 0. The lowest BCUT2D eigenvalue weighted by Crippen LogP contribution is -2.41. The first-order valence-corrected chi connectivity index (χ1v) is 15.7. The van der Waals surface area contributed by atoms with Gasteiger partial charge in [0.15, 0.2) is 0 Å². The van der Waals surface area contributed by atoms with Crippen LogP contribution in [0.15, 0.2) is 121 Å². The summed E-state index contributed by atoms with van der Waals surface area (Å²) in [4.78, 5) is 27.9. The molecule has 2 heterocycles. The van der Waals surface area contributed by atoms with E-state index >= 15 is 0 Å². The van der Waals surface area contributed by atoms with Crippen LogP contribution < -0.4 is 9.80 Å². The minimum absolute atomic E-state index is 0.0232. The van der Waals surface area contributed by atoms with E-state index in [4.69, 9.17) is 0 Å². The maximum Gasteiger partial charge on any atom is 0.305 e. The number of hydrogen-bond acceptors (Lipinski definition) is 4. The highest BCUT2D eigenvalue weighted by atomic mass is 16.4. The summed E-state index contributed by atoms with van der Waals surface area (Å²) in [5, 5.41) is 14.4. The van der Waals surface area contributed by atoms with Crippen molar-refractivity contribution in [3.05, 3.63) is 132 Å². The summed E-state index contributed by atoms with van der Waals surface area (Å²) >= 11 is 0. The summed E-state index contributed by atoms with van der Waals surface area (Å²) < 4.78 is 0. The molecule has 0 spiro atoms. The van der Waals surface area contributed by atoms with E-state index in [0.717, 1.165) is 12.1 Å². The zero-order chi connectivity index (χ0) is 31.6. The molecule has 0 aliphatic carbocycles. The van der Waals surface area contributed by atoms with Gasteiger partial charge in [-0.2, -0.15) is 0 Å². The van der Waals surface area contributed by atoms with E-state index in [0.29, 0.717) is 19.5 Å². The molecule has 6 rings (SSSR count).